The van der Waals surface area contributed by atoms with Gasteiger partial charge in [-0.3, -0.25) is 4.79 Å². The summed E-state index contributed by atoms with van der Waals surface area (Å²) in [7, 11) is 0. The van der Waals surface area contributed by atoms with Crippen LogP contribution < -0.4 is 5.32 Å². The second-order valence-corrected chi connectivity index (χ2v) is 11.5. The van der Waals surface area contributed by atoms with Crippen molar-refractivity contribution in [2.45, 2.75) is 82.4 Å². The zero-order valence-corrected chi connectivity index (χ0v) is 20.2. The van der Waals surface area contributed by atoms with Crippen molar-refractivity contribution in [3.05, 3.63) is 28.8 Å². The molecule has 2 aliphatic rings. The highest BCUT2D eigenvalue weighted by molar-refractivity contribution is 8.00. The molecule has 2 heterocycles. The van der Waals surface area contributed by atoms with Gasteiger partial charge in [0.05, 0.1) is 12.7 Å². The van der Waals surface area contributed by atoms with Crippen molar-refractivity contribution >= 4 is 17.7 Å². The molecule has 0 bridgehead atoms. The van der Waals surface area contributed by atoms with Gasteiger partial charge in [0.2, 0.25) is 5.91 Å². The molecule has 1 aromatic rings. The average Bonchev–Trinajstić information content (AvgIpc) is 2.72. The summed E-state index contributed by atoms with van der Waals surface area (Å²) in [6.45, 7) is 11.9. The molecule has 31 heavy (non-hydrogen) atoms. The van der Waals surface area contributed by atoms with E-state index in [0.29, 0.717) is 30.9 Å². The van der Waals surface area contributed by atoms with Gasteiger partial charge in [0.25, 0.3) is 0 Å². The van der Waals surface area contributed by atoms with Crippen LogP contribution >= 0.6 is 11.8 Å². The predicted octanol–water partition coefficient (Wildman–Crippen LogP) is 3.78. The molecule has 2 aliphatic heterocycles. The summed E-state index contributed by atoms with van der Waals surface area (Å²) < 4.78 is 11.8. The lowest BCUT2D eigenvalue weighted by atomic mass is 9.77. The van der Waals surface area contributed by atoms with E-state index in [9.17, 15) is 15.0 Å². The van der Waals surface area contributed by atoms with Crippen LogP contribution in [0.2, 0.25) is 0 Å². The van der Waals surface area contributed by atoms with Crippen molar-refractivity contribution in [1.82, 2.24) is 5.32 Å². The molecule has 0 spiro atoms. The second kappa shape index (κ2) is 9.69. The van der Waals surface area contributed by atoms with Gasteiger partial charge in [0, 0.05) is 29.9 Å². The zero-order chi connectivity index (χ0) is 22.8. The monoisotopic (exact) mass is 451 g/mol. The van der Waals surface area contributed by atoms with E-state index in [2.05, 4.69) is 5.32 Å². The molecule has 0 saturated carbocycles. The largest absolute Gasteiger partial charge is 0.507 e. The number of aromatic hydroxyl groups is 1. The lowest BCUT2D eigenvalue weighted by molar-refractivity contribution is -0.170. The molecular formula is C24H37NO5S. The quantitative estimate of drug-likeness (QED) is 0.610. The normalized spacial score (nSPS) is 24.0. The molecular weight excluding hydrogens is 414 g/mol. The SMILES string of the molecule is CC(C)(C)c1cc(C(O)C2SCCNC2=O)cc(C(C)(C)COC2CCCCO2)c1O. The number of hydrogen-bond donors (Lipinski definition) is 3. The number of phenols is 1. The summed E-state index contributed by atoms with van der Waals surface area (Å²) in [5.74, 6) is 0.848. The van der Waals surface area contributed by atoms with E-state index in [4.69, 9.17) is 9.47 Å². The van der Waals surface area contributed by atoms with Gasteiger partial charge in [-0.25, -0.2) is 0 Å². The van der Waals surface area contributed by atoms with E-state index >= 15 is 0 Å². The molecule has 0 radical (unpaired) electrons. The molecule has 2 saturated heterocycles. The number of thioether (sulfide) groups is 1. The third-order valence-electron chi connectivity index (χ3n) is 6.02. The minimum Gasteiger partial charge on any atom is -0.507 e. The molecule has 1 amide bonds. The van der Waals surface area contributed by atoms with Crippen molar-refractivity contribution in [2.75, 3.05) is 25.5 Å². The number of nitrogens with one attached hydrogen (secondary N) is 1. The van der Waals surface area contributed by atoms with Gasteiger partial charge in [-0.2, -0.15) is 0 Å². The minimum atomic E-state index is -0.954. The third-order valence-corrected chi connectivity index (χ3v) is 7.29. The Hall–Kier alpha value is -1.28. The first-order valence-corrected chi connectivity index (χ1v) is 12.2. The number of aliphatic hydroxyl groups is 1. The molecule has 0 aliphatic carbocycles. The Bertz CT molecular complexity index is 783. The lowest BCUT2D eigenvalue weighted by Crippen LogP contribution is -2.42. The number of ether oxygens (including phenoxy) is 2. The summed E-state index contributed by atoms with van der Waals surface area (Å²) in [5, 5.41) is 24.6. The molecule has 174 valence electrons. The average molecular weight is 452 g/mol. The molecule has 7 heteroatoms. The first-order chi connectivity index (χ1) is 14.5. The number of phenolic OH excluding ortho intramolecular Hbond substituents is 1. The maximum Gasteiger partial charge on any atom is 0.236 e. The molecule has 1 aromatic carbocycles. The standard InChI is InChI=1S/C24H37NO5S/c1-23(2,3)16-12-15(19(26)21-22(28)25-9-11-31-21)13-17(20(16)27)24(4,5)14-30-18-8-6-7-10-29-18/h12-13,18-19,21,26-27H,6-11,14H2,1-5H3,(H,25,28). The van der Waals surface area contributed by atoms with Crippen LogP contribution in [0.5, 0.6) is 5.75 Å². The maximum absolute atomic E-state index is 12.3. The molecule has 3 unspecified atom stereocenters. The number of hydrogen-bond acceptors (Lipinski definition) is 6. The Balaban J connectivity index is 1.94. The highest BCUT2D eigenvalue weighted by atomic mass is 32.2. The van der Waals surface area contributed by atoms with E-state index in [0.717, 1.165) is 30.6 Å². The number of aliphatic hydroxyl groups excluding tert-OH is 1. The Kier molecular flexibility index (Phi) is 7.62. The highest BCUT2D eigenvalue weighted by Crippen LogP contribution is 2.42. The summed E-state index contributed by atoms with van der Waals surface area (Å²) in [6.07, 6.45) is 1.86. The third kappa shape index (κ3) is 5.75. The van der Waals surface area contributed by atoms with Crippen LogP contribution in [0.15, 0.2) is 12.1 Å². The Morgan fingerprint density at radius 3 is 2.55 bits per heavy atom. The van der Waals surface area contributed by atoms with Crippen LogP contribution in [0.3, 0.4) is 0 Å². The summed E-state index contributed by atoms with van der Waals surface area (Å²) >= 11 is 1.47. The van der Waals surface area contributed by atoms with Crippen LogP contribution in [0, 0.1) is 0 Å². The number of amides is 1. The van der Waals surface area contributed by atoms with E-state index in [1.54, 1.807) is 0 Å². The number of rotatable bonds is 6. The van der Waals surface area contributed by atoms with Gasteiger partial charge in [-0.1, -0.05) is 34.6 Å². The Morgan fingerprint density at radius 2 is 1.94 bits per heavy atom. The molecule has 0 aromatic heterocycles. The topological polar surface area (TPSA) is 88.0 Å². The number of benzene rings is 1. The van der Waals surface area contributed by atoms with E-state index in [-0.39, 0.29) is 23.4 Å². The van der Waals surface area contributed by atoms with Crippen molar-refractivity contribution in [2.24, 2.45) is 0 Å². The van der Waals surface area contributed by atoms with Crippen LogP contribution in [0.4, 0.5) is 0 Å². The fourth-order valence-electron chi connectivity index (χ4n) is 4.08. The smallest absolute Gasteiger partial charge is 0.236 e. The number of carbonyl (C=O) groups excluding carboxylic acids is 1. The van der Waals surface area contributed by atoms with Gasteiger partial charge < -0.3 is 25.0 Å². The van der Waals surface area contributed by atoms with Crippen molar-refractivity contribution < 1.29 is 24.5 Å². The van der Waals surface area contributed by atoms with Gasteiger partial charge in [0.1, 0.15) is 11.0 Å². The van der Waals surface area contributed by atoms with Crippen LogP contribution in [-0.4, -0.2) is 53.2 Å². The molecule has 3 N–H and O–H groups in total. The Morgan fingerprint density at radius 1 is 1.23 bits per heavy atom. The lowest BCUT2D eigenvalue weighted by Gasteiger charge is -2.34. The molecule has 3 rings (SSSR count). The second-order valence-electron chi connectivity index (χ2n) is 10.2. The van der Waals surface area contributed by atoms with Gasteiger partial charge in [-0.15, -0.1) is 11.8 Å². The number of carbonyl (C=O) groups is 1. The summed E-state index contributed by atoms with van der Waals surface area (Å²) in [6, 6.07) is 3.68. The Labute approximate surface area is 190 Å². The van der Waals surface area contributed by atoms with Crippen molar-refractivity contribution in [3.8, 4) is 5.75 Å². The predicted molar refractivity (Wildman–Crippen MR) is 124 cm³/mol. The van der Waals surface area contributed by atoms with Gasteiger partial charge >= 0.3 is 0 Å². The first kappa shape index (κ1) is 24.4. The molecule has 6 nitrogen and oxygen atoms in total. The van der Waals surface area contributed by atoms with Crippen molar-refractivity contribution in [3.63, 3.8) is 0 Å². The molecule has 3 atom stereocenters. The van der Waals surface area contributed by atoms with Crippen LogP contribution in [0.25, 0.3) is 0 Å². The van der Waals surface area contributed by atoms with Gasteiger partial charge in [0.15, 0.2) is 6.29 Å². The summed E-state index contributed by atoms with van der Waals surface area (Å²) in [5.41, 5.74) is 1.27. The highest BCUT2D eigenvalue weighted by Gasteiger charge is 2.35. The van der Waals surface area contributed by atoms with Gasteiger partial charge in [-0.05, 0) is 47.9 Å². The van der Waals surface area contributed by atoms with E-state index < -0.39 is 16.8 Å². The maximum atomic E-state index is 12.3. The van der Waals surface area contributed by atoms with Crippen LogP contribution in [0.1, 0.15) is 76.7 Å². The van der Waals surface area contributed by atoms with Crippen molar-refractivity contribution in [1.29, 1.82) is 0 Å². The fourth-order valence-corrected chi connectivity index (χ4v) is 5.13. The summed E-state index contributed by atoms with van der Waals surface area (Å²) in [4.78, 5) is 12.3. The van der Waals surface area contributed by atoms with Crippen LogP contribution in [-0.2, 0) is 25.1 Å². The van der Waals surface area contributed by atoms with E-state index in [1.807, 2.05) is 46.8 Å². The fraction of sp³-hybridized carbons (Fsp3) is 0.708. The minimum absolute atomic E-state index is 0.146. The van der Waals surface area contributed by atoms with E-state index in [1.165, 1.54) is 11.8 Å². The zero-order valence-electron chi connectivity index (χ0n) is 19.4. The molecule has 2 fully saturated rings. The first-order valence-electron chi connectivity index (χ1n) is 11.2.